The summed E-state index contributed by atoms with van der Waals surface area (Å²) in [5.41, 5.74) is 0. The topological polar surface area (TPSA) is 72.9 Å². The molecule has 6 nitrogen and oxygen atoms in total. The SMILES string of the molecule is CCC1CN(C)CCCN1C(=O)NC(C)CCC(=O)O. The van der Waals surface area contributed by atoms with Crippen LogP contribution in [0.25, 0.3) is 0 Å². The molecule has 1 aliphatic heterocycles. The second kappa shape index (κ2) is 8.09. The molecule has 0 radical (unpaired) electrons. The van der Waals surface area contributed by atoms with Crippen molar-refractivity contribution in [3.05, 3.63) is 0 Å². The molecule has 1 fully saturated rings. The second-order valence-electron chi connectivity index (χ2n) is 5.65. The predicted molar refractivity (Wildman–Crippen MR) is 77.8 cm³/mol. The van der Waals surface area contributed by atoms with Gasteiger partial charge < -0.3 is 20.2 Å². The minimum absolute atomic E-state index is 0.0648. The number of hydrogen-bond donors (Lipinski definition) is 2. The van der Waals surface area contributed by atoms with Crippen molar-refractivity contribution in [2.75, 3.05) is 26.7 Å². The van der Waals surface area contributed by atoms with Crippen LogP contribution in [0.1, 0.15) is 39.5 Å². The molecule has 0 bridgehead atoms. The average Bonchev–Trinajstić information content (AvgIpc) is 2.57. The van der Waals surface area contributed by atoms with Crippen molar-refractivity contribution < 1.29 is 14.7 Å². The summed E-state index contributed by atoms with van der Waals surface area (Å²) in [6.45, 7) is 6.62. The van der Waals surface area contributed by atoms with E-state index in [2.05, 4.69) is 24.2 Å². The van der Waals surface area contributed by atoms with Gasteiger partial charge in [0.25, 0.3) is 0 Å². The summed E-state index contributed by atoms with van der Waals surface area (Å²) in [6.07, 6.45) is 2.46. The molecular formula is C14H27N3O3. The molecule has 0 aromatic carbocycles. The van der Waals surface area contributed by atoms with E-state index in [1.807, 2.05) is 11.8 Å². The number of nitrogens with zero attached hydrogens (tertiary/aromatic N) is 2. The smallest absolute Gasteiger partial charge is 0.317 e. The fraction of sp³-hybridized carbons (Fsp3) is 0.857. The number of aliphatic carboxylic acids is 1. The third-order valence-corrected chi connectivity index (χ3v) is 3.80. The highest BCUT2D eigenvalue weighted by Crippen LogP contribution is 2.12. The standard InChI is InChI=1S/C14H27N3O3/c1-4-12-10-16(3)8-5-9-17(12)14(20)15-11(2)6-7-13(18)19/h11-12H,4-10H2,1-3H3,(H,15,20)(H,18,19). The lowest BCUT2D eigenvalue weighted by Gasteiger charge is -2.31. The van der Waals surface area contributed by atoms with Crippen molar-refractivity contribution >= 4 is 12.0 Å². The zero-order chi connectivity index (χ0) is 15.1. The first-order valence-corrected chi connectivity index (χ1v) is 7.41. The minimum atomic E-state index is -0.825. The number of rotatable bonds is 5. The maximum Gasteiger partial charge on any atom is 0.317 e. The Morgan fingerprint density at radius 1 is 1.40 bits per heavy atom. The highest BCUT2D eigenvalue weighted by Gasteiger charge is 2.26. The fourth-order valence-corrected chi connectivity index (χ4v) is 2.57. The summed E-state index contributed by atoms with van der Waals surface area (Å²) in [5, 5.41) is 11.6. The molecule has 1 heterocycles. The van der Waals surface area contributed by atoms with Gasteiger partial charge in [-0.3, -0.25) is 4.79 Å². The van der Waals surface area contributed by atoms with Gasteiger partial charge in [0, 0.05) is 31.6 Å². The number of hydrogen-bond acceptors (Lipinski definition) is 3. The van der Waals surface area contributed by atoms with Crippen molar-refractivity contribution in [1.29, 1.82) is 0 Å². The molecule has 20 heavy (non-hydrogen) atoms. The second-order valence-corrected chi connectivity index (χ2v) is 5.65. The molecule has 0 aliphatic carbocycles. The monoisotopic (exact) mass is 285 g/mol. The molecule has 2 amide bonds. The van der Waals surface area contributed by atoms with E-state index in [9.17, 15) is 9.59 Å². The Balaban J connectivity index is 2.52. The summed E-state index contributed by atoms with van der Waals surface area (Å²) >= 11 is 0. The number of carbonyl (C=O) groups excluding carboxylic acids is 1. The van der Waals surface area contributed by atoms with Crippen molar-refractivity contribution in [1.82, 2.24) is 15.1 Å². The van der Waals surface area contributed by atoms with Crippen LogP contribution in [-0.4, -0.2) is 65.7 Å². The van der Waals surface area contributed by atoms with Gasteiger partial charge in [0.1, 0.15) is 0 Å². The highest BCUT2D eigenvalue weighted by atomic mass is 16.4. The zero-order valence-corrected chi connectivity index (χ0v) is 12.8. The van der Waals surface area contributed by atoms with Crippen molar-refractivity contribution in [2.45, 2.75) is 51.6 Å². The number of urea groups is 1. The summed E-state index contributed by atoms with van der Waals surface area (Å²) in [5.74, 6) is -0.825. The van der Waals surface area contributed by atoms with Gasteiger partial charge >= 0.3 is 12.0 Å². The van der Waals surface area contributed by atoms with Crippen LogP contribution in [0.2, 0.25) is 0 Å². The molecule has 1 aliphatic rings. The third kappa shape index (κ3) is 5.36. The van der Waals surface area contributed by atoms with E-state index in [1.54, 1.807) is 0 Å². The molecule has 1 rings (SSSR count). The van der Waals surface area contributed by atoms with Crippen molar-refractivity contribution in [3.8, 4) is 0 Å². The Bertz CT molecular complexity index is 336. The lowest BCUT2D eigenvalue weighted by Crippen LogP contribution is -2.50. The molecule has 0 aromatic heterocycles. The Morgan fingerprint density at radius 3 is 2.70 bits per heavy atom. The van der Waals surface area contributed by atoms with Crippen LogP contribution in [0.5, 0.6) is 0 Å². The van der Waals surface area contributed by atoms with E-state index in [-0.39, 0.29) is 24.5 Å². The minimum Gasteiger partial charge on any atom is -0.481 e. The summed E-state index contributed by atoms with van der Waals surface area (Å²) in [7, 11) is 2.08. The Kier molecular flexibility index (Phi) is 6.78. The summed E-state index contributed by atoms with van der Waals surface area (Å²) in [4.78, 5) is 27.0. The van der Waals surface area contributed by atoms with Gasteiger partial charge in [-0.2, -0.15) is 0 Å². The molecule has 1 saturated heterocycles. The molecule has 116 valence electrons. The summed E-state index contributed by atoms with van der Waals surface area (Å²) in [6, 6.07) is 0.0521. The molecule has 2 atom stereocenters. The van der Waals surface area contributed by atoms with Crippen LogP contribution in [0.15, 0.2) is 0 Å². The van der Waals surface area contributed by atoms with Gasteiger partial charge in [-0.1, -0.05) is 6.92 Å². The first-order valence-electron chi connectivity index (χ1n) is 7.41. The van der Waals surface area contributed by atoms with E-state index in [0.29, 0.717) is 6.42 Å². The van der Waals surface area contributed by atoms with Gasteiger partial charge in [0.05, 0.1) is 0 Å². The number of carboxylic acids is 1. The number of amides is 2. The summed E-state index contributed by atoms with van der Waals surface area (Å²) < 4.78 is 0. The van der Waals surface area contributed by atoms with Crippen LogP contribution in [0.3, 0.4) is 0 Å². The number of carbonyl (C=O) groups is 2. The first kappa shape index (κ1) is 16.8. The lowest BCUT2D eigenvalue weighted by atomic mass is 10.1. The quantitative estimate of drug-likeness (QED) is 0.800. The Labute approximate surface area is 121 Å². The van der Waals surface area contributed by atoms with Gasteiger partial charge in [0.2, 0.25) is 0 Å². The van der Waals surface area contributed by atoms with Gasteiger partial charge in [-0.25, -0.2) is 4.79 Å². The van der Waals surface area contributed by atoms with Crippen LogP contribution < -0.4 is 5.32 Å². The van der Waals surface area contributed by atoms with Gasteiger partial charge in [0.15, 0.2) is 0 Å². The van der Waals surface area contributed by atoms with E-state index >= 15 is 0 Å². The fourth-order valence-electron chi connectivity index (χ4n) is 2.57. The predicted octanol–water partition coefficient (Wildman–Crippen LogP) is 1.37. The van der Waals surface area contributed by atoms with Crippen molar-refractivity contribution in [2.24, 2.45) is 0 Å². The molecular weight excluding hydrogens is 258 g/mol. The average molecular weight is 285 g/mol. The highest BCUT2D eigenvalue weighted by molar-refractivity contribution is 5.75. The van der Waals surface area contributed by atoms with E-state index in [4.69, 9.17) is 5.11 Å². The number of carboxylic acid groups (broad SMARTS) is 1. The molecule has 6 heteroatoms. The maximum absolute atomic E-state index is 12.3. The molecule has 0 saturated carbocycles. The first-order chi connectivity index (χ1) is 9.43. The largest absolute Gasteiger partial charge is 0.481 e. The van der Waals surface area contributed by atoms with Gasteiger partial charge in [-0.15, -0.1) is 0 Å². The lowest BCUT2D eigenvalue weighted by molar-refractivity contribution is -0.137. The molecule has 0 aromatic rings. The number of nitrogens with one attached hydrogen (secondary N) is 1. The Hall–Kier alpha value is -1.30. The van der Waals surface area contributed by atoms with Crippen LogP contribution in [0.4, 0.5) is 4.79 Å². The zero-order valence-electron chi connectivity index (χ0n) is 12.8. The Morgan fingerprint density at radius 2 is 2.10 bits per heavy atom. The van der Waals surface area contributed by atoms with Crippen LogP contribution in [-0.2, 0) is 4.79 Å². The normalized spacial score (nSPS) is 22.1. The molecule has 2 unspecified atom stereocenters. The van der Waals surface area contributed by atoms with Gasteiger partial charge in [-0.05, 0) is 39.8 Å². The van der Waals surface area contributed by atoms with E-state index < -0.39 is 5.97 Å². The van der Waals surface area contributed by atoms with Crippen LogP contribution in [0, 0.1) is 0 Å². The van der Waals surface area contributed by atoms with Crippen molar-refractivity contribution in [3.63, 3.8) is 0 Å². The molecule has 0 spiro atoms. The number of likely N-dealkylation sites (N-methyl/N-ethyl adjacent to an activating group) is 1. The van der Waals surface area contributed by atoms with E-state index in [1.165, 1.54) is 0 Å². The maximum atomic E-state index is 12.3. The van der Waals surface area contributed by atoms with E-state index in [0.717, 1.165) is 32.5 Å². The third-order valence-electron chi connectivity index (χ3n) is 3.80. The van der Waals surface area contributed by atoms with Crippen LogP contribution >= 0.6 is 0 Å². The molecule has 2 N–H and O–H groups in total.